The number of benzene rings is 5. The number of ether oxygens (including phenoxy) is 4. The smallest absolute Gasteiger partial charge is 0.451 e. The van der Waals surface area contributed by atoms with E-state index in [-0.39, 0.29) is 111 Å². The molecule has 10 N–H and O–H groups in total. The molecule has 0 radical (unpaired) electrons. The molecule has 5 aromatic carbocycles. The van der Waals surface area contributed by atoms with E-state index in [0.717, 1.165) is 112 Å². The number of hydrogen-bond donors (Lipinski definition) is 8. The van der Waals surface area contributed by atoms with Crippen LogP contribution in [-0.2, 0) is 64.7 Å². The molecule has 1 saturated carbocycles. The summed E-state index contributed by atoms with van der Waals surface area (Å²) in [4.78, 5) is 145. The number of halogens is 4. The summed E-state index contributed by atoms with van der Waals surface area (Å²) in [7, 11) is 2.20. The largest absolute Gasteiger partial charge is 0.488 e. The highest BCUT2D eigenvalue weighted by Gasteiger charge is 2.64. The molecule has 3 aliphatic carbocycles. The van der Waals surface area contributed by atoms with Crippen LogP contribution < -0.4 is 31.0 Å². The standard InChI is InChI=1S/C26H23ClN4O5.C23H22F3N3O3S.C18H21NO3.C13H10N2O4.C9H17NO2.C8H17NO2/c1-17(25(33)34)15-31-24(32)14-22(30(26(31)35)16-18-5-7-19(27)8-6-18)29-20-9-11-21(12-10-20)36-23-4-2-3-13-28-23;1-13(17-10-28-22(29-11-17)23(24,25)26)5-20(30)15-6-16(21-27-9-14(2)33-21)8-19(7-15)32-18-3-4-31-12-18;1-19-7-6-18-12-4-5-14(21)17(18)22-16-11(9-20)3-2-10(15(16)18)8-13(12)19;16-10-6-5-9(11(17)14-10)15-12(18)7-3-1-2-4-8(7)13(15)19;10-7-9(6-8(11)12)4-2-1-3-5-9;1-6(2)3-7(5-9)4-8(10)11/h2-13,17H,14-16H2,1H3,(H,33,34);6-11,13,18H,3-5,12H2,1-2H3;2-5,12-14,17,20-21H,6-9H2,1H3;1-4,9H,5-6H2,(H,14,16,17);1-7,10H2,(H,11,12);6-7H,3-5,9H2,1-2H3,(H,10,11)/t17-;13-,18+;12?,13-,14+,17+,18+;;;7-/m001..0/s1. The average Bonchev–Trinajstić information content (AvgIpc) is 1.53. The van der Waals surface area contributed by atoms with Crippen LogP contribution in [0.4, 0.5) is 23.7 Å². The molecule has 706 valence electrons. The van der Waals surface area contributed by atoms with E-state index < -0.39 is 77.6 Å². The summed E-state index contributed by atoms with van der Waals surface area (Å²) < 4.78 is 61.5. The molecule has 9 aliphatic rings. The highest BCUT2D eigenvalue weighted by molar-refractivity contribution is 7.15. The predicted octanol–water partition coefficient (Wildman–Crippen LogP) is 14.1. The summed E-state index contributed by atoms with van der Waals surface area (Å²) >= 11 is 7.50. The summed E-state index contributed by atoms with van der Waals surface area (Å²) in [5.41, 5.74) is 17.9. The number of aliphatic carboxylic acids is 3. The minimum absolute atomic E-state index is 0.0110. The Morgan fingerprint density at radius 3 is 2.08 bits per heavy atom. The molecular formula is C97H110ClF3N12O19S. The summed E-state index contributed by atoms with van der Waals surface area (Å²) in [5, 5.41) is 50.1. The number of amides is 7. The highest BCUT2D eigenvalue weighted by Crippen LogP contribution is 2.61. The van der Waals surface area contributed by atoms with Gasteiger partial charge < -0.3 is 60.8 Å². The van der Waals surface area contributed by atoms with Gasteiger partial charge in [-0.05, 0) is 185 Å². The Labute approximate surface area is 776 Å². The summed E-state index contributed by atoms with van der Waals surface area (Å²) in [5.74, 6) is -3.86. The van der Waals surface area contributed by atoms with Crippen molar-refractivity contribution in [1.29, 1.82) is 0 Å². The number of carboxylic acid groups (broad SMARTS) is 3. The lowest BCUT2D eigenvalue weighted by Gasteiger charge is -2.56. The Balaban J connectivity index is 0.000000151. The number of urea groups is 1. The zero-order chi connectivity index (χ0) is 95.8. The van der Waals surface area contributed by atoms with Crippen molar-refractivity contribution in [3.8, 4) is 33.7 Å². The van der Waals surface area contributed by atoms with Crippen LogP contribution >= 0.6 is 22.9 Å². The van der Waals surface area contributed by atoms with Crippen LogP contribution in [0.2, 0.25) is 5.02 Å². The number of amidine groups is 1. The molecule has 8 aromatic rings. The Kier molecular flexibility index (Phi) is 33.5. The molecule has 17 rings (SSSR count). The second-order valence-electron chi connectivity index (χ2n) is 35.1. The van der Waals surface area contributed by atoms with E-state index in [1.165, 1.54) is 40.7 Å². The van der Waals surface area contributed by atoms with Gasteiger partial charge in [0.2, 0.25) is 29.4 Å². The summed E-state index contributed by atoms with van der Waals surface area (Å²) in [6.07, 6.45) is 14.2. The molecule has 1 spiro atoms. The molecule has 31 nitrogen and oxygen atoms in total. The van der Waals surface area contributed by atoms with Crippen LogP contribution in [-0.4, -0.2) is 207 Å². The van der Waals surface area contributed by atoms with Crippen LogP contribution in [0, 0.1) is 36.0 Å². The minimum atomic E-state index is -4.60. The maximum absolute atomic E-state index is 13.3. The number of nitrogens with one attached hydrogen (secondary N) is 1. The predicted molar refractivity (Wildman–Crippen MR) is 486 cm³/mol. The fraction of sp³-hybridized carbons (Fsp3) is 0.433. The number of aryl methyl sites for hydroxylation is 1. The number of hydrogen-bond acceptors (Lipinski definition) is 25. The first kappa shape index (κ1) is 99.9. The number of aliphatic imine (C=N–C) groups is 1. The van der Waals surface area contributed by atoms with Gasteiger partial charge in [-0.2, -0.15) is 13.2 Å². The Bertz CT molecular complexity index is 5550. The van der Waals surface area contributed by atoms with Crippen LogP contribution in [0.15, 0.2) is 163 Å². The molecule has 6 aliphatic heterocycles. The molecule has 4 saturated heterocycles. The number of aromatic nitrogens is 4. The topological polar surface area (TPSA) is 450 Å². The Hall–Kier alpha value is -12.1. The van der Waals surface area contributed by atoms with Gasteiger partial charge in [-0.1, -0.05) is 113 Å². The molecule has 2 unspecified atom stereocenters. The number of aliphatic hydroxyl groups excluding tert-OH is 2. The van der Waals surface area contributed by atoms with Crippen molar-refractivity contribution in [3.63, 3.8) is 0 Å². The molecule has 7 amide bonds. The number of aliphatic hydroxyl groups is 2. The first-order chi connectivity index (χ1) is 63.5. The number of likely N-dealkylation sites (tertiary alicyclic amines) is 1. The molecule has 133 heavy (non-hydrogen) atoms. The molecule has 2 bridgehead atoms. The van der Waals surface area contributed by atoms with Gasteiger partial charge in [0.05, 0.1) is 61.9 Å². The Morgan fingerprint density at radius 2 is 1.49 bits per heavy atom. The van der Waals surface area contributed by atoms with Gasteiger partial charge in [-0.3, -0.25) is 63.2 Å². The second-order valence-corrected chi connectivity index (χ2v) is 36.8. The SMILES string of the molecule is CC(C)C[C@H](CN)CC(=O)O.CN1CC[C@]23c4c5ccc(CO)c4O[C@H]2[C@@H](O)C=CC3[C@H]1C5.C[C@@H](CN1C(=O)CC(=Nc2ccc(Oc3ccccn3)cc2)N(Cc2ccc(Cl)cc2)C1=O)C(=O)O.Cc1cnc(-c2cc(O[C@@H]3CCOC3)cc(C(=O)C[C@H](C)c3cnc(C(F)(F)F)nc3)c2)s1.NCC1(CC(=O)O)CCCCC1.O=C1CCC(N2C(=O)c3ccccc3C2=O)C(=O)N1. The number of piperidine rings is 2. The summed E-state index contributed by atoms with van der Waals surface area (Å²) in [6, 6.07) is 34.0. The number of nitrogens with two attached hydrogens (primary N) is 2. The third-order valence-electron chi connectivity index (χ3n) is 25.0. The maximum atomic E-state index is 13.3. The number of Topliss-reactive ketones (excluding diaryl/α,β-unsaturated/α-hetero) is 1. The number of imide groups is 3. The van der Waals surface area contributed by atoms with E-state index in [1.807, 2.05) is 31.2 Å². The highest BCUT2D eigenvalue weighted by atomic mass is 35.5. The van der Waals surface area contributed by atoms with Crippen molar-refractivity contribution in [2.75, 3.05) is 46.4 Å². The number of carboxylic acids is 3. The van der Waals surface area contributed by atoms with Crippen LogP contribution in [0.5, 0.6) is 23.1 Å². The fourth-order valence-electron chi connectivity index (χ4n) is 18.1. The van der Waals surface area contributed by atoms with Gasteiger partial charge in [0.25, 0.3) is 11.8 Å². The van der Waals surface area contributed by atoms with Crippen molar-refractivity contribution in [1.82, 2.24) is 44.9 Å². The van der Waals surface area contributed by atoms with Crippen molar-refractivity contribution < 1.29 is 106 Å². The number of carbonyl (C=O) groups is 10. The fourth-order valence-corrected chi connectivity index (χ4v) is 19.0. The van der Waals surface area contributed by atoms with Gasteiger partial charge in [0.15, 0.2) is 5.78 Å². The number of rotatable bonds is 25. The number of fused-ring (bicyclic) bond motifs is 1. The van der Waals surface area contributed by atoms with E-state index in [0.29, 0.717) is 94.5 Å². The zero-order valence-corrected chi connectivity index (χ0v) is 76.2. The van der Waals surface area contributed by atoms with Gasteiger partial charge >= 0.3 is 30.1 Å². The minimum Gasteiger partial charge on any atom is -0.488 e. The molecule has 10 atom stereocenters. The van der Waals surface area contributed by atoms with Crippen molar-refractivity contribution in [3.05, 3.63) is 218 Å². The zero-order valence-electron chi connectivity index (χ0n) is 74.6. The van der Waals surface area contributed by atoms with Crippen LogP contribution in [0.1, 0.15) is 193 Å². The van der Waals surface area contributed by atoms with E-state index in [1.54, 1.807) is 116 Å². The number of alkyl halides is 3. The average molecular weight is 1870 g/mol. The molecule has 9 heterocycles. The van der Waals surface area contributed by atoms with E-state index in [4.69, 9.17) is 52.2 Å². The third kappa shape index (κ3) is 24.7. The van der Waals surface area contributed by atoms with Crippen LogP contribution in [0.3, 0.4) is 0 Å². The lowest BCUT2D eigenvalue weighted by molar-refractivity contribution is -0.145. The van der Waals surface area contributed by atoms with Gasteiger partial charge in [0, 0.05) is 113 Å². The lowest BCUT2D eigenvalue weighted by Crippen LogP contribution is -2.64. The Morgan fingerprint density at radius 1 is 0.789 bits per heavy atom. The number of carbonyl (C=O) groups excluding carboxylic acids is 7. The van der Waals surface area contributed by atoms with Gasteiger partial charge in [-0.15, -0.1) is 11.3 Å². The lowest BCUT2D eigenvalue weighted by atomic mass is 9.53. The first-order valence-corrected chi connectivity index (χ1v) is 45.4. The quantitative estimate of drug-likeness (QED) is 0.0150. The van der Waals surface area contributed by atoms with E-state index in [9.17, 15) is 76.4 Å². The number of nitrogens with zero attached hydrogens (tertiary/aromatic N) is 9. The first-order valence-electron chi connectivity index (χ1n) is 44.2. The molecular weight excluding hydrogens is 1760 g/mol. The molecule has 3 aromatic heterocycles. The monoisotopic (exact) mass is 1870 g/mol. The third-order valence-corrected chi connectivity index (χ3v) is 26.2. The van der Waals surface area contributed by atoms with Crippen molar-refractivity contribution >= 4 is 93.7 Å². The number of ketones is 1. The maximum Gasteiger partial charge on any atom is 0.451 e. The molecule has 5 fully saturated rings. The number of likely N-dealkylation sites (N-methyl/N-ethyl adjacent to an activating group) is 1. The molecule has 36 heteroatoms. The normalized spacial score (nSPS) is 21.7. The van der Waals surface area contributed by atoms with E-state index in [2.05, 4.69) is 68.2 Å². The van der Waals surface area contributed by atoms with Crippen molar-refractivity contribution in [2.24, 2.45) is 45.5 Å². The summed E-state index contributed by atoms with van der Waals surface area (Å²) in [6.45, 7) is 12.4. The van der Waals surface area contributed by atoms with Crippen molar-refractivity contribution in [2.45, 2.75) is 192 Å². The van der Waals surface area contributed by atoms with Crippen LogP contribution in [0.25, 0.3) is 10.6 Å². The van der Waals surface area contributed by atoms with Gasteiger partial charge in [-0.25, -0.2) is 29.7 Å². The van der Waals surface area contributed by atoms with Gasteiger partial charge in [0.1, 0.15) is 52.4 Å². The number of pyridine rings is 1. The second kappa shape index (κ2) is 44.6. The number of thiazole rings is 1. The van der Waals surface area contributed by atoms with E-state index >= 15 is 0 Å².